The lowest BCUT2D eigenvalue weighted by molar-refractivity contribution is -0.384. The highest BCUT2D eigenvalue weighted by Gasteiger charge is 2.28. The third kappa shape index (κ3) is 3.48. The van der Waals surface area contributed by atoms with E-state index in [1.165, 1.54) is 6.07 Å². The van der Waals surface area contributed by atoms with E-state index in [4.69, 9.17) is 0 Å². The average Bonchev–Trinajstić information content (AvgIpc) is 2.35. The van der Waals surface area contributed by atoms with Crippen LogP contribution in [-0.4, -0.2) is 11.0 Å². The molecule has 4 nitrogen and oxygen atoms in total. The van der Waals surface area contributed by atoms with Crippen molar-refractivity contribution in [2.45, 2.75) is 45.6 Å². The fourth-order valence-electron chi connectivity index (χ4n) is 2.57. The van der Waals surface area contributed by atoms with Crippen molar-refractivity contribution in [3.63, 3.8) is 0 Å². The number of halogens is 2. The van der Waals surface area contributed by atoms with Gasteiger partial charge in [-0.15, -0.1) is 0 Å². The van der Waals surface area contributed by atoms with Crippen molar-refractivity contribution >= 4 is 27.3 Å². The van der Waals surface area contributed by atoms with Crippen molar-refractivity contribution in [2.75, 3.05) is 5.32 Å². The Kier molecular flexibility index (Phi) is 4.32. The molecule has 110 valence electrons. The number of nitrogens with zero attached hydrogens (tertiary/aromatic N) is 1. The molecule has 1 aliphatic rings. The SMILES string of the molecule is CC1(C)CCC(Nc2cc(Br)c(F)cc2[N+](=O)[O-])CC1. The predicted octanol–water partition coefficient (Wildman–Crippen LogP) is 4.88. The Balaban J connectivity index is 2.17. The van der Waals surface area contributed by atoms with Gasteiger partial charge in [0, 0.05) is 6.04 Å². The highest BCUT2D eigenvalue weighted by molar-refractivity contribution is 9.10. The Labute approximate surface area is 126 Å². The third-order valence-electron chi connectivity index (χ3n) is 3.93. The molecule has 1 fully saturated rings. The zero-order valence-corrected chi connectivity index (χ0v) is 13.2. The summed E-state index contributed by atoms with van der Waals surface area (Å²) >= 11 is 3.07. The molecule has 0 aliphatic heterocycles. The first-order valence-corrected chi connectivity index (χ1v) is 7.48. The summed E-state index contributed by atoms with van der Waals surface area (Å²) in [4.78, 5) is 10.5. The normalized spacial score (nSPS) is 18.8. The zero-order valence-electron chi connectivity index (χ0n) is 11.6. The lowest BCUT2D eigenvalue weighted by atomic mass is 9.75. The van der Waals surface area contributed by atoms with Gasteiger partial charge in [-0.1, -0.05) is 13.8 Å². The quantitative estimate of drug-likeness (QED) is 0.628. The van der Waals surface area contributed by atoms with Gasteiger partial charge in [-0.05, 0) is 53.1 Å². The van der Waals surface area contributed by atoms with Crippen LogP contribution >= 0.6 is 15.9 Å². The molecule has 0 atom stereocenters. The maximum Gasteiger partial charge on any atom is 0.295 e. The number of benzene rings is 1. The first-order chi connectivity index (χ1) is 9.28. The summed E-state index contributed by atoms with van der Waals surface area (Å²) in [6.07, 6.45) is 4.11. The van der Waals surface area contributed by atoms with Crippen molar-refractivity contribution in [1.29, 1.82) is 0 Å². The molecule has 0 aromatic heterocycles. The number of rotatable bonds is 3. The highest BCUT2D eigenvalue weighted by atomic mass is 79.9. The minimum absolute atomic E-state index is 0.207. The highest BCUT2D eigenvalue weighted by Crippen LogP contribution is 2.38. The molecule has 20 heavy (non-hydrogen) atoms. The number of hydrogen-bond donors (Lipinski definition) is 1. The van der Waals surface area contributed by atoms with Crippen LogP contribution < -0.4 is 5.32 Å². The maximum absolute atomic E-state index is 13.4. The summed E-state index contributed by atoms with van der Waals surface area (Å²) in [6, 6.07) is 2.62. The summed E-state index contributed by atoms with van der Waals surface area (Å²) in [5, 5.41) is 14.2. The zero-order chi connectivity index (χ0) is 14.9. The smallest absolute Gasteiger partial charge is 0.295 e. The van der Waals surface area contributed by atoms with E-state index in [-0.39, 0.29) is 16.2 Å². The summed E-state index contributed by atoms with van der Waals surface area (Å²) in [5.41, 5.74) is 0.511. The van der Waals surface area contributed by atoms with Crippen LogP contribution in [0.4, 0.5) is 15.8 Å². The summed E-state index contributed by atoms with van der Waals surface area (Å²) in [5.74, 6) is -0.618. The monoisotopic (exact) mass is 344 g/mol. The second kappa shape index (κ2) is 5.68. The number of anilines is 1. The van der Waals surface area contributed by atoms with Crippen LogP contribution in [0.2, 0.25) is 0 Å². The molecule has 0 radical (unpaired) electrons. The molecule has 0 bridgehead atoms. The molecular formula is C14H18BrFN2O2. The van der Waals surface area contributed by atoms with Crippen molar-refractivity contribution in [2.24, 2.45) is 5.41 Å². The second-order valence-electron chi connectivity index (χ2n) is 6.12. The number of nitro benzene ring substituents is 1. The number of nitro groups is 1. The number of hydrogen-bond acceptors (Lipinski definition) is 3. The maximum atomic E-state index is 13.4. The molecule has 0 amide bonds. The van der Waals surface area contributed by atoms with Gasteiger partial charge in [0.05, 0.1) is 15.5 Å². The van der Waals surface area contributed by atoms with Gasteiger partial charge in [-0.3, -0.25) is 10.1 Å². The molecule has 1 saturated carbocycles. The summed E-state index contributed by atoms with van der Waals surface area (Å²) in [6.45, 7) is 4.47. The molecule has 2 rings (SSSR count). The van der Waals surface area contributed by atoms with E-state index in [0.717, 1.165) is 31.7 Å². The minimum atomic E-state index is -0.618. The minimum Gasteiger partial charge on any atom is -0.377 e. The van der Waals surface area contributed by atoms with E-state index < -0.39 is 10.7 Å². The summed E-state index contributed by atoms with van der Waals surface area (Å²) in [7, 11) is 0. The number of nitrogens with one attached hydrogen (secondary N) is 1. The molecule has 1 aliphatic carbocycles. The molecule has 0 spiro atoms. The molecule has 1 aromatic rings. The standard InChI is InChI=1S/C14H18BrFN2O2/c1-14(2)5-3-9(4-6-14)17-12-7-10(15)11(16)8-13(12)18(19)20/h7-9,17H,3-6H2,1-2H3. The van der Waals surface area contributed by atoms with Gasteiger partial charge in [0.2, 0.25) is 0 Å². The fourth-order valence-corrected chi connectivity index (χ4v) is 2.91. The van der Waals surface area contributed by atoms with Gasteiger partial charge in [0.15, 0.2) is 0 Å². The van der Waals surface area contributed by atoms with Gasteiger partial charge in [-0.2, -0.15) is 0 Å². The lowest BCUT2D eigenvalue weighted by Crippen LogP contribution is -2.30. The predicted molar refractivity (Wildman–Crippen MR) is 80.4 cm³/mol. The second-order valence-corrected chi connectivity index (χ2v) is 6.98. The van der Waals surface area contributed by atoms with Crippen LogP contribution in [0.15, 0.2) is 16.6 Å². The van der Waals surface area contributed by atoms with Crippen LogP contribution in [0.1, 0.15) is 39.5 Å². The Morgan fingerprint density at radius 1 is 1.40 bits per heavy atom. The van der Waals surface area contributed by atoms with Gasteiger partial charge in [-0.25, -0.2) is 4.39 Å². The van der Waals surface area contributed by atoms with E-state index >= 15 is 0 Å². The third-order valence-corrected chi connectivity index (χ3v) is 4.54. The Bertz CT molecular complexity index is 524. The van der Waals surface area contributed by atoms with Gasteiger partial charge >= 0.3 is 0 Å². The van der Waals surface area contributed by atoms with Crippen LogP contribution in [-0.2, 0) is 0 Å². The van der Waals surface area contributed by atoms with Crippen LogP contribution in [0.3, 0.4) is 0 Å². The van der Waals surface area contributed by atoms with E-state index in [1.54, 1.807) is 0 Å². The fraction of sp³-hybridized carbons (Fsp3) is 0.571. The Hall–Kier alpha value is -1.17. The topological polar surface area (TPSA) is 55.2 Å². The van der Waals surface area contributed by atoms with E-state index in [9.17, 15) is 14.5 Å². The molecule has 0 heterocycles. The average molecular weight is 345 g/mol. The molecule has 1 N–H and O–H groups in total. The molecule has 0 unspecified atom stereocenters. The lowest BCUT2D eigenvalue weighted by Gasteiger charge is -2.35. The van der Waals surface area contributed by atoms with Crippen molar-refractivity contribution in [1.82, 2.24) is 0 Å². The molecule has 6 heteroatoms. The Morgan fingerprint density at radius 3 is 2.55 bits per heavy atom. The molecule has 1 aromatic carbocycles. The van der Waals surface area contributed by atoms with E-state index in [0.29, 0.717) is 11.1 Å². The first kappa shape index (κ1) is 15.2. The van der Waals surface area contributed by atoms with Crippen molar-refractivity contribution < 1.29 is 9.31 Å². The van der Waals surface area contributed by atoms with Gasteiger partial charge < -0.3 is 5.32 Å². The van der Waals surface area contributed by atoms with E-state index in [1.807, 2.05) is 0 Å². The molecule has 0 saturated heterocycles. The summed E-state index contributed by atoms with van der Waals surface area (Å²) < 4.78 is 13.7. The first-order valence-electron chi connectivity index (χ1n) is 6.68. The largest absolute Gasteiger partial charge is 0.377 e. The van der Waals surface area contributed by atoms with Gasteiger partial charge in [0.1, 0.15) is 11.5 Å². The van der Waals surface area contributed by atoms with Crippen LogP contribution in [0.5, 0.6) is 0 Å². The van der Waals surface area contributed by atoms with Crippen molar-refractivity contribution in [3.05, 3.63) is 32.5 Å². The van der Waals surface area contributed by atoms with E-state index in [2.05, 4.69) is 35.1 Å². The van der Waals surface area contributed by atoms with Crippen LogP contribution in [0, 0.1) is 21.3 Å². The van der Waals surface area contributed by atoms with Gasteiger partial charge in [0.25, 0.3) is 5.69 Å². The Morgan fingerprint density at radius 2 is 2.00 bits per heavy atom. The molecular weight excluding hydrogens is 327 g/mol. The van der Waals surface area contributed by atoms with Crippen molar-refractivity contribution in [3.8, 4) is 0 Å². The van der Waals surface area contributed by atoms with Crippen LogP contribution in [0.25, 0.3) is 0 Å².